The van der Waals surface area contributed by atoms with E-state index in [1.54, 1.807) is 0 Å². The van der Waals surface area contributed by atoms with Crippen LogP contribution in [0.2, 0.25) is 5.02 Å². The number of halogens is 2. The van der Waals surface area contributed by atoms with Crippen molar-refractivity contribution >= 4 is 23.0 Å². The maximum atomic E-state index is 12.9. The molecule has 1 aliphatic carbocycles. The fourth-order valence-corrected chi connectivity index (χ4v) is 1.30. The van der Waals surface area contributed by atoms with Gasteiger partial charge in [-0.1, -0.05) is 11.6 Å². The summed E-state index contributed by atoms with van der Waals surface area (Å²) in [6.45, 7) is 0. The van der Waals surface area contributed by atoms with Crippen molar-refractivity contribution in [2.45, 2.75) is 18.9 Å². The number of nitrogens with one attached hydrogen (secondary N) is 1. The summed E-state index contributed by atoms with van der Waals surface area (Å²) < 4.78 is 12.9. The summed E-state index contributed by atoms with van der Waals surface area (Å²) in [4.78, 5) is 0. The van der Waals surface area contributed by atoms with Crippen LogP contribution in [-0.4, -0.2) is 6.04 Å². The van der Waals surface area contributed by atoms with Crippen LogP contribution < -0.4 is 11.1 Å². The smallest absolute Gasteiger partial charge is 0.143 e. The highest BCUT2D eigenvalue weighted by atomic mass is 35.5. The van der Waals surface area contributed by atoms with Gasteiger partial charge in [-0.2, -0.15) is 0 Å². The normalized spacial score (nSPS) is 15.8. The molecule has 0 aromatic heterocycles. The Labute approximate surface area is 80.9 Å². The average Bonchev–Trinajstić information content (AvgIpc) is 2.84. The van der Waals surface area contributed by atoms with Gasteiger partial charge >= 0.3 is 0 Å². The molecule has 0 radical (unpaired) electrons. The van der Waals surface area contributed by atoms with E-state index in [1.165, 1.54) is 12.1 Å². The van der Waals surface area contributed by atoms with Gasteiger partial charge in [0.25, 0.3) is 0 Å². The van der Waals surface area contributed by atoms with Gasteiger partial charge in [0.2, 0.25) is 0 Å². The second-order valence-electron chi connectivity index (χ2n) is 3.27. The Kier molecular flexibility index (Phi) is 2.04. The maximum Gasteiger partial charge on any atom is 0.143 e. The van der Waals surface area contributed by atoms with E-state index in [-0.39, 0.29) is 5.02 Å². The van der Waals surface area contributed by atoms with Gasteiger partial charge in [0.05, 0.1) is 16.4 Å². The predicted octanol–water partition coefficient (Wildman–Crippen LogP) is 2.64. The second-order valence-corrected chi connectivity index (χ2v) is 3.68. The van der Waals surface area contributed by atoms with Crippen LogP contribution in [0, 0.1) is 5.82 Å². The molecule has 0 heterocycles. The van der Waals surface area contributed by atoms with Gasteiger partial charge in [-0.25, -0.2) is 4.39 Å². The Bertz CT molecular complexity index is 337. The first-order valence-electron chi connectivity index (χ1n) is 4.18. The fraction of sp³-hybridized carbons (Fsp3) is 0.333. The molecule has 1 saturated carbocycles. The number of hydrogen-bond acceptors (Lipinski definition) is 2. The van der Waals surface area contributed by atoms with E-state index in [2.05, 4.69) is 5.32 Å². The molecule has 1 fully saturated rings. The third-order valence-corrected chi connectivity index (χ3v) is 2.32. The molecule has 1 aromatic rings. The molecule has 4 heteroatoms. The summed E-state index contributed by atoms with van der Waals surface area (Å²) in [6, 6.07) is 3.27. The molecule has 0 bridgehead atoms. The summed E-state index contributed by atoms with van der Waals surface area (Å²) >= 11 is 5.62. The van der Waals surface area contributed by atoms with E-state index < -0.39 is 5.82 Å². The minimum Gasteiger partial charge on any atom is -0.397 e. The monoisotopic (exact) mass is 200 g/mol. The predicted molar refractivity (Wildman–Crippen MR) is 52.5 cm³/mol. The van der Waals surface area contributed by atoms with Gasteiger partial charge in [-0.15, -0.1) is 0 Å². The van der Waals surface area contributed by atoms with Crippen LogP contribution in [-0.2, 0) is 0 Å². The van der Waals surface area contributed by atoms with Gasteiger partial charge in [0.15, 0.2) is 0 Å². The van der Waals surface area contributed by atoms with Crippen LogP contribution in [0.25, 0.3) is 0 Å². The van der Waals surface area contributed by atoms with Crippen LogP contribution in [0.5, 0.6) is 0 Å². The lowest BCUT2D eigenvalue weighted by molar-refractivity contribution is 0.629. The molecule has 0 spiro atoms. The first kappa shape index (κ1) is 8.63. The summed E-state index contributed by atoms with van der Waals surface area (Å²) in [6.07, 6.45) is 2.29. The first-order valence-corrected chi connectivity index (χ1v) is 4.55. The van der Waals surface area contributed by atoms with Gasteiger partial charge in [0.1, 0.15) is 5.82 Å². The molecule has 13 heavy (non-hydrogen) atoms. The van der Waals surface area contributed by atoms with Gasteiger partial charge < -0.3 is 11.1 Å². The minimum atomic E-state index is -0.472. The van der Waals surface area contributed by atoms with E-state index in [4.69, 9.17) is 17.3 Å². The molecular weight excluding hydrogens is 191 g/mol. The van der Waals surface area contributed by atoms with Crippen LogP contribution in [0.1, 0.15) is 12.8 Å². The number of rotatable bonds is 2. The first-order chi connectivity index (χ1) is 6.16. The van der Waals surface area contributed by atoms with Gasteiger partial charge in [-0.05, 0) is 18.9 Å². The molecule has 2 rings (SSSR count). The third-order valence-electron chi connectivity index (χ3n) is 2.03. The highest BCUT2D eigenvalue weighted by Crippen LogP contribution is 2.31. The number of nitrogens with two attached hydrogens (primary N) is 1. The molecule has 0 aliphatic heterocycles. The average molecular weight is 201 g/mol. The molecule has 70 valence electrons. The lowest BCUT2D eigenvalue weighted by atomic mass is 10.2. The van der Waals surface area contributed by atoms with Gasteiger partial charge in [-0.3, -0.25) is 0 Å². The third kappa shape index (κ3) is 1.86. The summed E-state index contributed by atoms with van der Waals surface area (Å²) in [5.41, 5.74) is 6.75. The number of hydrogen-bond donors (Lipinski definition) is 2. The van der Waals surface area contributed by atoms with Crippen molar-refractivity contribution in [3.05, 3.63) is 23.0 Å². The Morgan fingerprint density at radius 3 is 2.77 bits per heavy atom. The number of anilines is 2. The van der Waals surface area contributed by atoms with Crippen molar-refractivity contribution in [1.29, 1.82) is 0 Å². The van der Waals surface area contributed by atoms with E-state index in [0.717, 1.165) is 18.5 Å². The Hall–Kier alpha value is -0.960. The zero-order valence-corrected chi connectivity index (χ0v) is 7.74. The zero-order chi connectivity index (χ0) is 9.42. The standard InChI is InChI=1S/C9H10ClFN2/c10-6-3-9(13-5-1-2-5)8(12)4-7(6)11/h3-5,13H,1-2,12H2. The molecule has 1 aromatic carbocycles. The van der Waals surface area contributed by atoms with E-state index in [0.29, 0.717) is 11.7 Å². The Balaban J connectivity index is 2.27. The van der Waals surface area contributed by atoms with Gasteiger partial charge in [0, 0.05) is 12.1 Å². The van der Waals surface area contributed by atoms with Crippen molar-refractivity contribution in [2.24, 2.45) is 0 Å². The zero-order valence-electron chi connectivity index (χ0n) is 6.98. The largest absolute Gasteiger partial charge is 0.397 e. The quantitative estimate of drug-likeness (QED) is 0.721. The van der Waals surface area contributed by atoms with E-state index in [9.17, 15) is 4.39 Å². The molecular formula is C9H10ClFN2. The van der Waals surface area contributed by atoms with Crippen LogP contribution in [0.4, 0.5) is 15.8 Å². The Morgan fingerprint density at radius 2 is 2.15 bits per heavy atom. The van der Waals surface area contributed by atoms with Crippen molar-refractivity contribution in [3.63, 3.8) is 0 Å². The van der Waals surface area contributed by atoms with Crippen molar-refractivity contribution in [1.82, 2.24) is 0 Å². The molecule has 0 atom stereocenters. The summed E-state index contributed by atoms with van der Waals surface area (Å²) in [5, 5.41) is 3.28. The summed E-state index contributed by atoms with van der Waals surface area (Å²) in [5.74, 6) is -0.472. The topological polar surface area (TPSA) is 38.0 Å². The van der Waals surface area contributed by atoms with E-state index >= 15 is 0 Å². The highest BCUT2D eigenvalue weighted by Gasteiger charge is 2.22. The molecule has 0 amide bonds. The molecule has 2 nitrogen and oxygen atoms in total. The molecule has 1 aliphatic rings. The SMILES string of the molecule is Nc1cc(F)c(Cl)cc1NC1CC1. The molecule has 3 N–H and O–H groups in total. The Morgan fingerprint density at radius 1 is 1.46 bits per heavy atom. The van der Waals surface area contributed by atoms with E-state index in [1.807, 2.05) is 0 Å². The fourth-order valence-electron chi connectivity index (χ4n) is 1.13. The maximum absolute atomic E-state index is 12.9. The lowest BCUT2D eigenvalue weighted by Crippen LogP contribution is -2.04. The number of nitrogen functional groups attached to an aromatic ring is 1. The second kappa shape index (κ2) is 3.07. The highest BCUT2D eigenvalue weighted by molar-refractivity contribution is 6.31. The molecule has 0 saturated heterocycles. The van der Waals surface area contributed by atoms with Crippen molar-refractivity contribution in [3.8, 4) is 0 Å². The number of benzene rings is 1. The van der Waals surface area contributed by atoms with Crippen molar-refractivity contribution < 1.29 is 4.39 Å². The molecule has 0 unspecified atom stereocenters. The van der Waals surface area contributed by atoms with Crippen LogP contribution in [0.3, 0.4) is 0 Å². The summed E-state index contributed by atoms with van der Waals surface area (Å²) in [7, 11) is 0. The lowest BCUT2D eigenvalue weighted by Gasteiger charge is -2.08. The minimum absolute atomic E-state index is 0.109. The van der Waals surface area contributed by atoms with Crippen LogP contribution >= 0.6 is 11.6 Å². The van der Waals surface area contributed by atoms with Crippen molar-refractivity contribution in [2.75, 3.05) is 11.1 Å². The van der Waals surface area contributed by atoms with Crippen LogP contribution in [0.15, 0.2) is 12.1 Å².